The quantitative estimate of drug-likeness (QED) is 0.309. The summed E-state index contributed by atoms with van der Waals surface area (Å²) in [6.45, 7) is 3.90. The van der Waals surface area contributed by atoms with E-state index in [-0.39, 0.29) is 11.7 Å². The Kier molecular flexibility index (Phi) is 7.85. The lowest BCUT2D eigenvalue weighted by atomic mass is 10.1. The van der Waals surface area contributed by atoms with Crippen molar-refractivity contribution in [3.8, 4) is 17.3 Å². The zero-order chi connectivity index (χ0) is 31.2. The number of likely N-dealkylation sites (tertiary alicyclic amines) is 1. The molecule has 2 aliphatic heterocycles. The molecule has 1 N–H and O–H groups in total. The fourth-order valence-electron chi connectivity index (χ4n) is 6.18. The molecular weight excluding hydrogens is 596 g/mol. The van der Waals surface area contributed by atoms with Crippen LogP contribution in [0.25, 0.3) is 22.2 Å². The van der Waals surface area contributed by atoms with Crippen molar-refractivity contribution >= 4 is 44.7 Å². The first-order chi connectivity index (χ1) is 21.8. The van der Waals surface area contributed by atoms with E-state index in [9.17, 15) is 19.6 Å². The number of hydrogen-bond acceptors (Lipinski definition) is 9. The molecule has 0 unspecified atom stereocenters. The summed E-state index contributed by atoms with van der Waals surface area (Å²) in [5.74, 6) is -0.433. The fraction of sp³-hybridized carbons (Fsp3) is 0.394. The van der Waals surface area contributed by atoms with Gasteiger partial charge in [0.1, 0.15) is 28.0 Å². The van der Waals surface area contributed by atoms with Crippen molar-refractivity contribution < 1.29 is 18.7 Å². The van der Waals surface area contributed by atoms with E-state index in [1.54, 1.807) is 23.1 Å². The molecule has 9 nitrogen and oxygen atoms in total. The number of β-amino-alcohol motifs (C(OH)–C–C–N with tert-alkyl or cyclic N) is 1. The van der Waals surface area contributed by atoms with Gasteiger partial charge >= 0.3 is 0 Å². The van der Waals surface area contributed by atoms with Crippen molar-refractivity contribution in [1.29, 1.82) is 5.26 Å². The molecule has 1 aliphatic carbocycles. The molecule has 4 aromatic rings. The van der Waals surface area contributed by atoms with Gasteiger partial charge in [-0.3, -0.25) is 9.69 Å². The Bertz CT molecular complexity index is 1800. The summed E-state index contributed by atoms with van der Waals surface area (Å²) < 4.78 is 29.4. The molecule has 12 heteroatoms. The molecule has 45 heavy (non-hydrogen) atoms. The Labute approximate surface area is 263 Å². The third-order valence-electron chi connectivity index (χ3n) is 8.94. The summed E-state index contributed by atoms with van der Waals surface area (Å²) in [5.41, 5.74) is 3.77. The van der Waals surface area contributed by atoms with Crippen molar-refractivity contribution in [2.45, 2.75) is 31.3 Å². The van der Waals surface area contributed by atoms with Crippen LogP contribution in [0.1, 0.15) is 35.8 Å². The number of aromatic nitrogens is 2. The van der Waals surface area contributed by atoms with Crippen LogP contribution in [-0.2, 0) is 4.79 Å². The van der Waals surface area contributed by atoms with Gasteiger partial charge < -0.3 is 19.8 Å². The Balaban J connectivity index is 1.17. The van der Waals surface area contributed by atoms with Gasteiger partial charge in [-0.15, -0.1) is 0 Å². The number of benzene rings is 2. The molecule has 1 amide bonds. The summed E-state index contributed by atoms with van der Waals surface area (Å²) in [6, 6.07) is 13.7. The molecule has 3 fully saturated rings. The van der Waals surface area contributed by atoms with Crippen LogP contribution in [0.2, 0.25) is 0 Å². The van der Waals surface area contributed by atoms with Crippen molar-refractivity contribution in [3.63, 3.8) is 0 Å². The van der Waals surface area contributed by atoms with Crippen LogP contribution < -0.4 is 9.80 Å². The molecule has 232 valence electrons. The van der Waals surface area contributed by atoms with Gasteiger partial charge in [0.25, 0.3) is 0 Å². The third kappa shape index (κ3) is 5.95. The highest BCUT2D eigenvalue weighted by Crippen LogP contribution is 2.44. The minimum atomic E-state index is -0.437. The standard InChI is InChI=1S/C33H33F2N7O2S/c1-39(33-38-31(29(17-36)45-33)21-4-6-22(34)7-5-21)28-16-27(20-2-3-20)37-32-25(28)14-23(15-26(32)35)41-12-10-40(11-13-41)19-30(44)42-9-8-24(43)18-42/h4-7,14-16,20,24,43H,2-3,8-13,18-19H2,1H3/t24-/m0/s1. The zero-order valence-corrected chi connectivity index (χ0v) is 25.7. The fourth-order valence-corrected chi connectivity index (χ4v) is 7.04. The topological polar surface area (TPSA) is 99.8 Å². The number of aliphatic hydroxyl groups excluding tert-OH is 1. The minimum Gasteiger partial charge on any atom is -0.391 e. The molecule has 4 heterocycles. The lowest BCUT2D eigenvalue weighted by Gasteiger charge is -2.36. The van der Waals surface area contributed by atoms with E-state index in [1.165, 1.54) is 23.5 Å². The number of halogens is 2. The van der Waals surface area contributed by atoms with E-state index < -0.39 is 11.9 Å². The minimum absolute atomic E-state index is 0.0336. The Morgan fingerprint density at radius 1 is 1.07 bits per heavy atom. The highest BCUT2D eigenvalue weighted by Gasteiger charge is 2.30. The van der Waals surface area contributed by atoms with Gasteiger partial charge in [0.05, 0.1) is 18.3 Å². The number of nitriles is 1. The number of carbonyl (C=O) groups excluding carboxylic acids is 1. The number of pyridine rings is 1. The van der Waals surface area contributed by atoms with Crippen LogP contribution in [0.5, 0.6) is 0 Å². The first kappa shape index (κ1) is 29.5. The summed E-state index contributed by atoms with van der Waals surface area (Å²) in [7, 11) is 1.86. The summed E-state index contributed by atoms with van der Waals surface area (Å²) in [5, 5.41) is 20.9. The molecule has 3 aliphatic rings. The van der Waals surface area contributed by atoms with Gasteiger partial charge in [-0.05, 0) is 61.7 Å². The smallest absolute Gasteiger partial charge is 0.236 e. The molecule has 2 aromatic heterocycles. The van der Waals surface area contributed by atoms with E-state index in [2.05, 4.69) is 15.9 Å². The van der Waals surface area contributed by atoms with Gasteiger partial charge in [0.2, 0.25) is 5.91 Å². The molecule has 2 aromatic carbocycles. The van der Waals surface area contributed by atoms with Gasteiger partial charge in [-0.2, -0.15) is 5.26 Å². The maximum atomic E-state index is 15.9. The number of hydrogen-bond donors (Lipinski definition) is 1. The summed E-state index contributed by atoms with van der Waals surface area (Å²) in [4.78, 5) is 30.5. The van der Waals surface area contributed by atoms with Crippen LogP contribution in [0.3, 0.4) is 0 Å². The number of fused-ring (bicyclic) bond motifs is 1. The molecule has 2 saturated heterocycles. The van der Waals surface area contributed by atoms with Crippen molar-refractivity contribution in [1.82, 2.24) is 19.8 Å². The van der Waals surface area contributed by atoms with Crippen LogP contribution in [-0.4, -0.2) is 89.7 Å². The molecule has 1 atom stereocenters. The second-order valence-corrected chi connectivity index (χ2v) is 13.0. The van der Waals surface area contributed by atoms with Gasteiger partial charge in [-0.1, -0.05) is 11.3 Å². The maximum absolute atomic E-state index is 15.9. The SMILES string of the molecule is CN(c1nc(-c2ccc(F)cc2)c(C#N)s1)c1cc(C2CC2)nc2c(F)cc(N3CCN(CC(=O)N4CC[C@H](O)C4)CC3)cc12. The second-order valence-electron chi connectivity index (χ2n) is 12.1. The lowest BCUT2D eigenvalue weighted by molar-refractivity contribution is -0.131. The number of rotatable bonds is 7. The average Bonchev–Trinajstić information content (AvgIpc) is 3.66. The number of anilines is 3. The molecule has 7 rings (SSSR count). The second kappa shape index (κ2) is 12.0. The van der Waals surface area contributed by atoms with Crippen LogP contribution >= 0.6 is 11.3 Å². The van der Waals surface area contributed by atoms with E-state index in [4.69, 9.17) is 9.97 Å². The van der Waals surface area contributed by atoms with Crippen LogP contribution in [0, 0.1) is 23.0 Å². The Morgan fingerprint density at radius 2 is 1.82 bits per heavy atom. The third-order valence-corrected chi connectivity index (χ3v) is 9.98. The van der Waals surface area contributed by atoms with Crippen molar-refractivity contribution in [3.05, 3.63) is 64.7 Å². The highest BCUT2D eigenvalue weighted by atomic mass is 32.1. The largest absolute Gasteiger partial charge is 0.391 e. The summed E-state index contributed by atoms with van der Waals surface area (Å²) >= 11 is 1.24. The number of nitrogens with zero attached hydrogens (tertiary/aromatic N) is 7. The predicted molar refractivity (Wildman–Crippen MR) is 170 cm³/mol. The number of amides is 1. The Morgan fingerprint density at radius 3 is 2.49 bits per heavy atom. The highest BCUT2D eigenvalue weighted by molar-refractivity contribution is 7.16. The molecule has 0 radical (unpaired) electrons. The number of carbonyl (C=O) groups is 1. The van der Waals surface area contributed by atoms with Crippen molar-refractivity contribution in [2.75, 3.05) is 62.7 Å². The van der Waals surface area contributed by atoms with Gasteiger partial charge in [0.15, 0.2) is 10.9 Å². The first-order valence-electron chi connectivity index (χ1n) is 15.3. The number of aliphatic hydroxyl groups is 1. The van der Waals surface area contributed by atoms with Gasteiger partial charge in [-0.25, -0.2) is 18.7 Å². The molecule has 1 saturated carbocycles. The zero-order valence-electron chi connectivity index (χ0n) is 24.9. The van der Waals surface area contributed by atoms with E-state index in [0.717, 1.165) is 29.9 Å². The molecular formula is C33H33F2N7O2S. The molecule has 0 spiro atoms. The average molecular weight is 630 g/mol. The van der Waals surface area contributed by atoms with E-state index >= 15 is 4.39 Å². The van der Waals surface area contributed by atoms with Gasteiger partial charge in [0, 0.05) is 74.6 Å². The number of thiazole rings is 1. The summed E-state index contributed by atoms with van der Waals surface area (Å²) in [6.07, 6.45) is 2.21. The first-order valence-corrected chi connectivity index (χ1v) is 16.1. The predicted octanol–water partition coefficient (Wildman–Crippen LogP) is 4.87. The monoisotopic (exact) mass is 629 g/mol. The van der Waals surface area contributed by atoms with Crippen molar-refractivity contribution in [2.24, 2.45) is 0 Å². The van der Waals surface area contributed by atoms with E-state index in [0.29, 0.717) is 90.3 Å². The molecule has 0 bridgehead atoms. The van der Waals surface area contributed by atoms with Crippen LogP contribution in [0.4, 0.5) is 25.3 Å². The lowest BCUT2D eigenvalue weighted by Crippen LogP contribution is -2.50. The van der Waals surface area contributed by atoms with Crippen LogP contribution in [0.15, 0.2) is 42.5 Å². The Hall–Kier alpha value is -4.18. The normalized spacial score (nSPS) is 18.9. The van der Waals surface area contributed by atoms with E-state index in [1.807, 2.05) is 24.1 Å². The number of piperazine rings is 1. The maximum Gasteiger partial charge on any atom is 0.236 e.